The van der Waals surface area contributed by atoms with Gasteiger partial charge in [-0.15, -0.1) is 0 Å². The Kier molecular flexibility index (Phi) is 1.43. The molecule has 3 aliphatic rings. The average Bonchev–Trinajstić information content (AvgIpc) is 1.90. The maximum absolute atomic E-state index is 11.1. The lowest BCUT2D eigenvalue weighted by Gasteiger charge is -2.39. The largest absolute Gasteiger partial charge is 0.615 e. The minimum absolute atomic E-state index is 0.502. The zero-order valence-electron chi connectivity index (χ0n) is 5.38. The Morgan fingerprint density at radius 1 is 1.33 bits per heavy atom. The van der Waals surface area contributed by atoms with Crippen LogP contribution in [0, 0.1) is 0 Å². The molecular weight excluding hydrogens is 134 g/mol. The molecular formula is C6H11NOS. The van der Waals surface area contributed by atoms with Crippen molar-refractivity contribution in [2.75, 3.05) is 19.0 Å². The van der Waals surface area contributed by atoms with E-state index in [-0.39, 0.29) is 0 Å². The average molecular weight is 145 g/mol. The van der Waals surface area contributed by atoms with E-state index >= 15 is 0 Å². The van der Waals surface area contributed by atoms with E-state index in [9.17, 15) is 4.55 Å². The number of piperidine rings is 1. The summed E-state index contributed by atoms with van der Waals surface area (Å²) in [6.45, 7) is 2.38. The van der Waals surface area contributed by atoms with Gasteiger partial charge in [-0.2, -0.15) is 0 Å². The van der Waals surface area contributed by atoms with Crippen LogP contribution in [0.2, 0.25) is 0 Å². The summed E-state index contributed by atoms with van der Waals surface area (Å²) < 4.78 is 11.1. The van der Waals surface area contributed by atoms with Gasteiger partial charge in [0.25, 0.3) is 0 Å². The fourth-order valence-electron chi connectivity index (χ4n) is 1.59. The molecule has 3 rings (SSSR count). The highest BCUT2D eigenvalue weighted by Gasteiger charge is 2.35. The molecule has 0 radical (unpaired) electrons. The molecule has 3 aliphatic heterocycles. The third-order valence-corrected chi connectivity index (χ3v) is 4.05. The van der Waals surface area contributed by atoms with E-state index < -0.39 is 11.2 Å². The predicted molar refractivity (Wildman–Crippen MR) is 37.6 cm³/mol. The topological polar surface area (TPSA) is 26.3 Å². The van der Waals surface area contributed by atoms with Crippen LogP contribution in [0.15, 0.2) is 0 Å². The smallest absolute Gasteiger partial charge is 0.159 e. The summed E-state index contributed by atoms with van der Waals surface area (Å²) in [6.07, 6.45) is 2.35. The van der Waals surface area contributed by atoms with Gasteiger partial charge in [-0.05, 0) is 11.2 Å². The van der Waals surface area contributed by atoms with Crippen molar-refractivity contribution in [3.05, 3.63) is 0 Å². The van der Waals surface area contributed by atoms with Crippen LogP contribution in [0.5, 0.6) is 0 Å². The summed E-state index contributed by atoms with van der Waals surface area (Å²) >= 11 is -0.502. The predicted octanol–water partition coefficient (Wildman–Crippen LogP) is 0.171. The zero-order chi connectivity index (χ0) is 6.27. The van der Waals surface area contributed by atoms with E-state index in [1.165, 1.54) is 25.9 Å². The molecule has 0 aliphatic carbocycles. The maximum Gasteiger partial charge on any atom is 0.159 e. The van der Waals surface area contributed by atoms with Crippen molar-refractivity contribution in [2.24, 2.45) is 0 Å². The lowest BCUT2D eigenvalue weighted by molar-refractivity contribution is 0.237. The van der Waals surface area contributed by atoms with Gasteiger partial charge >= 0.3 is 0 Å². The van der Waals surface area contributed by atoms with Crippen molar-refractivity contribution in [1.82, 2.24) is 4.90 Å². The number of hydrogen-bond acceptors (Lipinski definition) is 2. The Morgan fingerprint density at radius 3 is 2.22 bits per heavy atom. The van der Waals surface area contributed by atoms with Crippen LogP contribution in [-0.2, 0) is 11.2 Å². The van der Waals surface area contributed by atoms with Gasteiger partial charge < -0.3 is 4.55 Å². The van der Waals surface area contributed by atoms with Crippen LogP contribution in [0.25, 0.3) is 0 Å². The summed E-state index contributed by atoms with van der Waals surface area (Å²) in [5.41, 5.74) is 0. The maximum atomic E-state index is 11.1. The Bertz CT molecular complexity index is 112. The van der Waals surface area contributed by atoms with Gasteiger partial charge in [-0.3, -0.25) is 4.90 Å². The van der Waals surface area contributed by atoms with Crippen LogP contribution in [0.4, 0.5) is 0 Å². The molecule has 0 amide bonds. The van der Waals surface area contributed by atoms with Crippen molar-refractivity contribution in [2.45, 2.75) is 18.1 Å². The molecule has 1 atom stereocenters. The monoisotopic (exact) mass is 145 g/mol. The van der Waals surface area contributed by atoms with Gasteiger partial charge in [-0.25, -0.2) is 0 Å². The molecule has 0 spiro atoms. The van der Waals surface area contributed by atoms with Crippen LogP contribution in [0.1, 0.15) is 12.8 Å². The van der Waals surface area contributed by atoms with E-state index in [2.05, 4.69) is 4.90 Å². The molecule has 0 aromatic rings. The number of fused-ring (bicyclic) bond motifs is 3. The second kappa shape index (κ2) is 2.15. The minimum Gasteiger partial charge on any atom is -0.615 e. The summed E-state index contributed by atoms with van der Waals surface area (Å²) in [6, 6.07) is 0. The molecule has 3 heteroatoms. The van der Waals surface area contributed by atoms with Crippen molar-refractivity contribution < 1.29 is 4.55 Å². The van der Waals surface area contributed by atoms with Crippen molar-refractivity contribution in [1.29, 1.82) is 0 Å². The summed E-state index contributed by atoms with van der Waals surface area (Å²) in [5, 5.41) is 0.551. The fourth-order valence-corrected chi connectivity index (χ4v) is 3.15. The molecule has 0 aromatic heterocycles. The molecule has 9 heavy (non-hydrogen) atoms. The van der Waals surface area contributed by atoms with Crippen molar-refractivity contribution in [3.8, 4) is 0 Å². The first-order valence-electron chi connectivity index (χ1n) is 3.46. The quantitative estimate of drug-likeness (QED) is 0.454. The highest BCUT2D eigenvalue weighted by molar-refractivity contribution is 7.92. The Labute approximate surface area is 58.4 Å². The lowest BCUT2D eigenvalue weighted by atomic mass is 10.1. The van der Waals surface area contributed by atoms with E-state index in [0.717, 1.165) is 5.88 Å². The van der Waals surface area contributed by atoms with Gasteiger partial charge in [0.2, 0.25) is 0 Å². The van der Waals surface area contributed by atoms with E-state index in [1.54, 1.807) is 0 Å². The van der Waals surface area contributed by atoms with Gasteiger partial charge in [0.1, 0.15) is 5.25 Å². The third-order valence-electron chi connectivity index (χ3n) is 2.22. The van der Waals surface area contributed by atoms with Crippen LogP contribution in [0.3, 0.4) is 0 Å². The molecule has 52 valence electrons. The van der Waals surface area contributed by atoms with Crippen LogP contribution < -0.4 is 0 Å². The summed E-state index contributed by atoms with van der Waals surface area (Å²) in [4.78, 5) is 2.30. The van der Waals surface area contributed by atoms with Gasteiger partial charge in [-0.1, -0.05) is 0 Å². The third kappa shape index (κ3) is 0.974. The first-order chi connectivity index (χ1) is 4.36. The van der Waals surface area contributed by atoms with Crippen LogP contribution >= 0.6 is 0 Å². The molecule has 2 bridgehead atoms. The van der Waals surface area contributed by atoms with Gasteiger partial charge in [0, 0.05) is 25.9 Å². The van der Waals surface area contributed by atoms with Crippen molar-refractivity contribution >= 4 is 11.2 Å². The molecule has 0 N–H and O–H groups in total. The first-order valence-corrected chi connectivity index (χ1v) is 4.84. The second-order valence-corrected chi connectivity index (χ2v) is 4.51. The molecule has 0 aromatic carbocycles. The van der Waals surface area contributed by atoms with E-state index in [4.69, 9.17) is 0 Å². The molecule has 2 nitrogen and oxygen atoms in total. The fraction of sp³-hybridized carbons (Fsp3) is 1.00. The van der Waals surface area contributed by atoms with E-state index in [1.807, 2.05) is 0 Å². The van der Waals surface area contributed by atoms with Gasteiger partial charge in [0.15, 0.2) is 5.88 Å². The lowest BCUT2D eigenvalue weighted by Crippen LogP contribution is -2.50. The Hall–Kier alpha value is 0.270. The van der Waals surface area contributed by atoms with E-state index in [0.29, 0.717) is 5.25 Å². The second-order valence-electron chi connectivity index (χ2n) is 2.83. The summed E-state index contributed by atoms with van der Waals surface area (Å²) in [5.74, 6) is 0.852. The molecule has 3 saturated heterocycles. The van der Waals surface area contributed by atoms with Gasteiger partial charge in [0.05, 0.1) is 0 Å². The molecule has 3 heterocycles. The van der Waals surface area contributed by atoms with Crippen LogP contribution in [-0.4, -0.2) is 33.7 Å². The minimum atomic E-state index is -0.502. The highest BCUT2D eigenvalue weighted by atomic mass is 32.2. The molecule has 1 unspecified atom stereocenters. The molecule has 3 fully saturated rings. The number of nitrogens with zero attached hydrogens (tertiary/aromatic N) is 1. The molecule has 0 saturated carbocycles. The number of rotatable bonds is 0. The first kappa shape index (κ1) is 6.01. The standard InChI is InChI=1S/C6H11NOS/c8-9-5-7-3-1-6(9)2-4-7/h6H,1-5H2. The Morgan fingerprint density at radius 2 is 2.00 bits per heavy atom. The Balaban J connectivity index is 2.06. The summed E-state index contributed by atoms with van der Waals surface area (Å²) in [7, 11) is 0. The van der Waals surface area contributed by atoms with Crippen molar-refractivity contribution in [3.63, 3.8) is 0 Å². The SMILES string of the molecule is [O-][S+]1CN2CCC1CC2. The highest BCUT2D eigenvalue weighted by Crippen LogP contribution is 2.25. The number of hydrogen-bond donors (Lipinski definition) is 0. The normalized spacial score (nSPS) is 49.7. The zero-order valence-corrected chi connectivity index (χ0v) is 6.19.